The van der Waals surface area contributed by atoms with Gasteiger partial charge in [-0.3, -0.25) is 0 Å². The van der Waals surface area contributed by atoms with Crippen LogP contribution in [0.5, 0.6) is 0 Å². The highest BCUT2D eigenvalue weighted by molar-refractivity contribution is 4.61. The number of likely N-dealkylation sites (N-methyl/N-ethyl adjacent to an activating group) is 1. The van der Waals surface area contributed by atoms with Gasteiger partial charge in [-0.05, 0) is 38.9 Å². The Balaban J connectivity index is 3.72. The SMILES string of the molecule is CCCCN(CCC)CCN(C)CC(C)C. The molecular weight excluding hydrogens is 196 g/mol. The average Bonchev–Trinajstić information content (AvgIpc) is 2.21. The first-order valence-electron chi connectivity index (χ1n) is 7.01. The van der Waals surface area contributed by atoms with Gasteiger partial charge >= 0.3 is 0 Å². The summed E-state index contributed by atoms with van der Waals surface area (Å²) in [7, 11) is 2.24. The van der Waals surface area contributed by atoms with Crippen molar-refractivity contribution in [1.82, 2.24) is 9.80 Å². The van der Waals surface area contributed by atoms with E-state index in [2.05, 4.69) is 44.5 Å². The Kier molecular flexibility index (Phi) is 10.0. The Morgan fingerprint density at radius 2 is 1.56 bits per heavy atom. The highest BCUT2D eigenvalue weighted by Gasteiger charge is 2.06. The Bertz CT molecular complexity index is 146. The summed E-state index contributed by atoms with van der Waals surface area (Å²) in [5.74, 6) is 0.778. The molecule has 0 saturated heterocycles. The van der Waals surface area contributed by atoms with Crippen molar-refractivity contribution in [2.75, 3.05) is 39.8 Å². The van der Waals surface area contributed by atoms with Crippen molar-refractivity contribution in [1.29, 1.82) is 0 Å². The van der Waals surface area contributed by atoms with Crippen molar-refractivity contribution in [3.63, 3.8) is 0 Å². The van der Waals surface area contributed by atoms with Gasteiger partial charge in [0.15, 0.2) is 0 Å². The normalized spacial score (nSPS) is 12.0. The van der Waals surface area contributed by atoms with Crippen LogP contribution in [0.3, 0.4) is 0 Å². The van der Waals surface area contributed by atoms with Crippen molar-refractivity contribution in [2.24, 2.45) is 5.92 Å². The van der Waals surface area contributed by atoms with E-state index >= 15 is 0 Å². The third kappa shape index (κ3) is 9.17. The maximum atomic E-state index is 2.61. The van der Waals surface area contributed by atoms with Crippen LogP contribution in [0.1, 0.15) is 47.0 Å². The molecule has 0 aliphatic carbocycles. The molecule has 0 aliphatic rings. The van der Waals surface area contributed by atoms with Crippen LogP contribution in [-0.4, -0.2) is 49.6 Å². The predicted molar refractivity (Wildman–Crippen MR) is 74.0 cm³/mol. The second-order valence-corrected chi connectivity index (χ2v) is 5.35. The summed E-state index contributed by atoms with van der Waals surface area (Å²) in [4.78, 5) is 5.07. The molecule has 16 heavy (non-hydrogen) atoms. The molecule has 0 rings (SSSR count). The number of nitrogens with zero attached hydrogens (tertiary/aromatic N) is 2. The minimum Gasteiger partial charge on any atom is -0.305 e. The van der Waals surface area contributed by atoms with E-state index in [1.54, 1.807) is 0 Å². The first kappa shape index (κ1) is 15.9. The van der Waals surface area contributed by atoms with Crippen LogP contribution >= 0.6 is 0 Å². The van der Waals surface area contributed by atoms with E-state index in [9.17, 15) is 0 Å². The lowest BCUT2D eigenvalue weighted by Crippen LogP contribution is -2.35. The van der Waals surface area contributed by atoms with Gasteiger partial charge in [-0.15, -0.1) is 0 Å². The van der Waals surface area contributed by atoms with Gasteiger partial charge in [-0.25, -0.2) is 0 Å². The molecule has 0 aromatic carbocycles. The Hall–Kier alpha value is -0.0800. The van der Waals surface area contributed by atoms with E-state index < -0.39 is 0 Å². The molecular formula is C14H32N2. The van der Waals surface area contributed by atoms with Gasteiger partial charge < -0.3 is 9.80 Å². The maximum absolute atomic E-state index is 2.61. The summed E-state index contributed by atoms with van der Waals surface area (Å²) >= 11 is 0. The van der Waals surface area contributed by atoms with E-state index in [0.29, 0.717) is 0 Å². The van der Waals surface area contributed by atoms with Crippen LogP contribution < -0.4 is 0 Å². The fourth-order valence-corrected chi connectivity index (χ4v) is 2.06. The second kappa shape index (κ2) is 10.1. The third-order valence-corrected chi connectivity index (χ3v) is 2.84. The third-order valence-electron chi connectivity index (χ3n) is 2.84. The first-order valence-corrected chi connectivity index (χ1v) is 7.01. The molecule has 0 spiro atoms. The summed E-state index contributed by atoms with van der Waals surface area (Å²) in [6.45, 7) is 15.3. The fraction of sp³-hybridized carbons (Fsp3) is 1.00. The molecule has 2 heteroatoms. The molecule has 0 heterocycles. The van der Waals surface area contributed by atoms with Crippen molar-refractivity contribution in [3.8, 4) is 0 Å². The molecule has 0 amide bonds. The molecule has 2 nitrogen and oxygen atoms in total. The van der Waals surface area contributed by atoms with Gasteiger partial charge in [-0.2, -0.15) is 0 Å². The molecule has 0 saturated carbocycles. The van der Waals surface area contributed by atoms with Gasteiger partial charge in [0.05, 0.1) is 0 Å². The number of hydrogen-bond donors (Lipinski definition) is 0. The molecule has 0 aliphatic heterocycles. The molecule has 98 valence electrons. The predicted octanol–water partition coefficient (Wildman–Crippen LogP) is 3.09. The van der Waals surface area contributed by atoms with Crippen LogP contribution in [-0.2, 0) is 0 Å². The minimum absolute atomic E-state index is 0.778. The van der Waals surface area contributed by atoms with Crippen molar-refractivity contribution >= 4 is 0 Å². The first-order chi connectivity index (χ1) is 7.60. The summed E-state index contributed by atoms with van der Waals surface area (Å²) < 4.78 is 0. The molecule has 0 fully saturated rings. The van der Waals surface area contributed by atoms with E-state index in [0.717, 1.165) is 5.92 Å². The van der Waals surface area contributed by atoms with Crippen molar-refractivity contribution in [3.05, 3.63) is 0 Å². The largest absolute Gasteiger partial charge is 0.305 e. The molecule has 0 unspecified atom stereocenters. The van der Waals surface area contributed by atoms with Crippen LogP contribution in [0.15, 0.2) is 0 Å². The molecule has 0 aromatic heterocycles. The number of hydrogen-bond acceptors (Lipinski definition) is 2. The van der Waals surface area contributed by atoms with Crippen LogP contribution in [0.2, 0.25) is 0 Å². The van der Waals surface area contributed by atoms with Crippen LogP contribution in [0, 0.1) is 5.92 Å². The smallest absolute Gasteiger partial charge is 0.0109 e. The Morgan fingerprint density at radius 1 is 0.875 bits per heavy atom. The van der Waals surface area contributed by atoms with Gasteiger partial charge in [0.2, 0.25) is 0 Å². The quantitative estimate of drug-likeness (QED) is 0.567. The zero-order chi connectivity index (χ0) is 12.4. The summed E-state index contributed by atoms with van der Waals surface area (Å²) in [5.41, 5.74) is 0. The van der Waals surface area contributed by atoms with Gasteiger partial charge in [0.25, 0.3) is 0 Å². The van der Waals surface area contributed by atoms with E-state index in [1.165, 1.54) is 52.0 Å². The number of unbranched alkanes of at least 4 members (excludes halogenated alkanes) is 1. The fourth-order valence-electron chi connectivity index (χ4n) is 2.06. The van der Waals surface area contributed by atoms with Gasteiger partial charge in [0, 0.05) is 19.6 Å². The minimum atomic E-state index is 0.778. The summed E-state index contributed by atoms with van der Waals surface area (Å²) in [6, 6.07) is 0. The van der Waals surface area contributed by atoms with E-state index in [-0.39, 0.29) is 0 Å². The highest BCUT2D eigenvalue weighted by Crippen LogP contribution is 1.99. The molecule has 0 aromatic rings. The van der Waals surface area contributed by atoms with Crippen LogP contribution in [0.25, 0.3) is 0 Å². The second-order valence-electron chi connectivity index (χ2n) is 5.35. The Labute approximate surface area is 103 Å². The molecule has 0 N–H and O–H groups in total. The Morgan fingerprint density at radius 3 is 2.06 bits per heavy atom. The molecule has 0 radical (unpaired) electrons. The summed E-state index contributed by atoms with van der Waals surface area (Å²) in [6.07, 6.45) is 3.92. The van der Waals surface area contributed by atoms with E-state index in [1.807, 2.05) is 0 Å². The monoisotopic (exact) mass is 228 g/mol. The lowest BCUT2D eigenvalue weighted by atomic mass is 10.2. The van der Waals surface area contributed by atoms with Crippen molar-refractivity contribution < 1.29 is 0 Å². The molecule has 0 atom stereocenters. The zero-order valence-electron chi connectivity index (χ0n) is 12.1. The number of rotatable bonds is 10. The topological polar surface area (TPSA) is 6.48 Å². The maximum Gasteiger partial charge on any atom is 0.0109 e. The van der Waals surface area contributed by atoms with E-state index in [4.69, 9.17) is 0 Å². The summed E-state index contributed by atoms with van der Waals surface area (Å²) in [5, 5.41) is 0. The lowest BCUT2D eigenvalue weighted by molar-refractivity contribution is 0.212. The standard InChI is InChI=1S/C14H32N2/c1-6-8-10-16(9-7-2)12-11-15(5)13-14(3)4/h14H,6-13H2,1-5H3. The van der Waals surface area contributed by atoms with Crippen LogP contribution in [0.4, 0.5) is 0 Å². The van der Waals surface area contributed by atoms with Crippen molar-refractivity contribution in [2.45, 2.75) is 47.0 Å². The van der Waals surface area contributed by atoms with Gasteiger partial charge in [0.1, 0.15) is 0 Å². The average molecular weight is 228 g/mol. The lowest BCUT2D eigenvalue weighted by Gasteiger charge is -2.25. The highest BCUT2D eigenvalue weighted by atomic mass is 15.2. The van der Waals surface area contributed by atoms with Gasteiger partial charge in [-0.1, -0.05) is 34.1 Å². The molecule has 0 bridgehead atoms. The zero-order valence-corrected chi connectivity index (χ0v) is 12.1.